The van der Waals surface area contributed by atoms with Crippen LogP contribution in [-0.4, -0.2) is 37.2 Å². The van der Waals surface area contributed by atoms with E-state index in [1.165, 1.54) is 0 Å². The molecule has 2 aromatic rings. The topological polar surface area (TPSA) is 77.6 Å². The van der Waals surface area contributed by atoms with Crippen LogP contribution in [0.4, 0.5) is 0 Å². The van der Waals surface area contributed by atoms with Crippen molar-refractivity contribution in [2.45, 2.75) is 39.5 Å². The number of carbonyl (C=O) groups is 2. The Bertz CT molecular complexity index is 1270. The largest absolute Gasteiger partial charge is 0.497 e. The summed E-state index contributed by atoms with van der Waals surface area (Å²) in [5.74, 6) is -0.117. The highest BCUT2D eigenvalue weighted by molar-refractivity contribution is 6.13. The van der Waals surface area contributed by atoms with Crippen molar-refractivity contribution in [1.29, 1.82) is 0 Å². The predicted octanol–water partition coefficient (Wildman–Crippen LogP) is 6.35. The van der Waals surface area contributed by atoms with Crippen molar-refractivity contribution in [2.75, 3.05) is 20.3 Å². The maximum atomic E-state index is 13.0. The molecule has 1 N–H and O–H groups in total. The first-order valence-electron chi connectivity index (χ1n) is 11.5. The van der Waals surface area contributed by atoms with Crippen LogP contribution in [0.3, 0.4) is 0 Å². The van der Waals surface area contributed by atoms with Gasteiger partial charge in [0.15, 0.2) is 0 Å². The molecule has 6 nitrogen and oxygen atoms in total. The third kappa shape index (κ3) is 4.51. The van der Waals surface area contributed by atoms with Crippen LogP contribution in [0, 0.1) is 0 Å². The number of aromatic nitrogens is 1. The maximum absolute atomic E-state index is 13.0. The number of hydrogen-bond acceptors (Lipinski definition) is 5. The summed E-state index contributed by atoms with van der Waals surface area (Å²) in [5.41, 5.74) is 3.94. The Kier molecular flexibility index (Phi) is 6.82. The van der Waals surface area contributed by atoms with Crippen LogP contribution in [0.5, 0.6) is 5.75 Å². The van der Waals surface area contributed by atoms with Crippen molar-refractivity contribution in [3.05, 3.63) is 53.6 Å². The average molecular weight is 448 g/mol. The molecule has 0 fully saturated rings. The Hall–Kier alpha value is -3.54. The van der Waals surface area contributed by atoms with Gasteiger partial charge in [0.25, 0.3) is 0 Å². The monoisotopic (exact) mass is 447 g/mol. The Labute approximate surface area is 193 Å². The predicted molar refractivity (Wildman–Crippen MR) is 129 cm³/mol. The van der Waals surface area contributed by atoms with Crippen LogP contribution in [0.1, 0.15) is 60.2 Å². The quantitative estimate of drug-likeness (QED) is 0.239. The molecule has 0 spiro atoms. The fourth-order valence-electron chi connectivity index (χ4n) is 3.97. The zero-order chi connectivity index (χ0) is 23.4. The molecular formula is C27H29NO5. The zero-order valence-electron chi connectivity index (χ0n) is 19.3. The molecule has 0 bridgehead atoms. The van der Waals surface area contributed by atoms with E-state index in [1.807, 2.05) is 50.2 Å². The molecule has 33 heavy (non-hydrogen) atoms. The fraction of sp³-hybridized carbons (Fsp3) is 0.333. The second-order valence-corrected chi connectivity index (χ2v) is 8.12. The molecule has 172 valence electrons. The van der Waals surface area contributed by atoms with E-state index < -0.39 is 11.9 Å². The minimum atomic E-state index is -0.433. The third-order valence-electron chi connectivity index (χ3n) is 5.84. The number of nitrogens with one attached hydrogen (secondary N) is 1. The van der Waals surface area contributed by atoms with Crippen LogP contribution < -0.4 is 4.74 Å². The SMILES string of the molecule is CCCCOC(=O)c1cc(C(=O)OCCCC)c2cc3c(ccc1-2)[nH]c1ccc(OC)cc13. The summed E-state index contributed by atoms with van der Waals surface area (Å²) >= 11 is 0. The summed E-state index contributed by atoms with van der Waals surface area (Å²) in [5, 5.41) is 1.90. The molecule has 0 saturated carbocycles. The molecule has 0 saturated heterocycles. The minimum absolute atomic E-state index is 0.344. The Morgan fingerprint density at radius 3 is 1.94 bits per heavy atom. The normalized spacial score (nSPS) is 11.2. The Balaban J connectivity index is 1.87. The van der Waals surface area contributed by atoms with Crippen LogP contribution in [0.2, 0.25) is 0 Å². The molecule has 1 aromatic carbocycles. The van der Waals surface area contributed by atoms with Crippen LogP contribution >= 0.6 is 0 Å². The lowest BCUT2D eigenvalue weighted by atomic mass is 10.1. The molecule has 0 atom stereocenters. The van der Waals surface area contributed by atoms with Gasteiger partial charge >= 0.3 is 11.9 Å². The highest BCUT2D eigenvalue weighted by Gasteiger charge is 2.26. The lowest BCUT2D eigenvalue weighted by molar-refractivity contribution is 0.0499. The number of unbranched alkanes of at least 4 members (excludes halogenated alkanes) is 2. The average Bonchev–Trinajstić information content (AvgIpc) is 3.30. The van der Waals surface area contributed by atoms with Crippen molar-refractivity contribution in [3.8, 4) is 16.9 Å². The molecule has 0 radical (unpaired) electrons. The van der Waals surface area contributed by atoms with Gasteiger partial charge < -0.3 is 19.2 Å². The van der Waals surface area contributed by atoms with E-state index in [9.17, 15) is 9.59 Å². The second-order valence-electron chi connectivity index (χ2n) is 8.12. The van der Waals surface area contributed by atoms with Gasteiger partial charge in [-0.3, -0.25) is 0 Å². The number of esters is 2. The second kappa shape index (κ2) is 9.94. The highest BCUT2D eigenvalue weighted by atomic mass is 16.5. The van der Waals surface area contributed by atoms with Crippen molar-refractivity contribution >= 4 is 33.7 Å². The van der Waals surface area contributed by atoms with E-state index in [2.05, 4.69) is 4.98 Å². The van der Waals surface area contributed by atoms with E-state index in [0.717, 1.165) is 53.2 Å². The minimum Gasteiger partial charge on any atom is -0.497 e. The Morgan fingerprint density at radius 2 is 1.33 bits per heavy atom. The van der Waals surface area contributed by atoms with Gasteiger partial charge in [-0.2, -0.15) is 0 Å². The van der Waals surface area contributed by atoms with Gasteiger partial charge in [-0.1, -0.05) is 32.8 Å². The summed E-state index contributed by atoms with van der Waals surface area (Å²) < 4.78 is 16.4. The van der Waals surface area contributed by atoms with Crippen LogP contribution in [-0.2, 0) is 9.47 Å². The number of rotatable bonds is 9. The van der Waals surface area contributed by atoms with Gasteiger partial charge in [0.1, 0.15) is 5.75 Å². The van der Waals surface area contributed by atoms with Crippen molar-refractivity contribution < 1.29 is 23.8 Å². The first-order chi connectivity index (χ1) is 16.1. The molecule has 0 amide bonds. The van der Waals surface area contributed by atoms with E-state index >= 15 is 0 Å². The standard InChI is InChI=1S/C27H29NO5/c1-4-6-12-32-26(29)22-16-23(27(30)33-13-7-5-2)19-15-21-20-14-17(31-3)8-10-24(20)28-25(21)11-9-18(19)22/h8-11,14-16,28H,4-7,12-13H2,1-3H3. The number of ether oxygens (including phenoxy) is 3. The molecular weight excluding hydrogens is 418 g/mol. The molecule has 2 aliphatic rings. The summed E-state index contributed by atoms with van der Waals surface area (Å²) in [4.78, 5) is 29.2. The molecule has 2 aliphatic carbocycles. The number of methoxy groups -OCH3 is 1. The molecule has 4 rings (SSSR count). The third-order valence-corrected chi connectivity index (χ3v) is 5.84. The molecule has 0 aliphatic heterocycles. The number of H-pyrrole nitrogens is 1. The van der Waals surface area contributed by atoms with Gasteiger partial charge in [0.2, 0.25) is 0 Å². The van der Waals surface area contributed by atoms with Gasteiger partial charge in [-0.05, 0) is 60.4 Å². The van der Waals surface area contributed by atoms with E-state index in [-0.39, 0.29) is 0 Å². The van der Waals surface area contributed by atoms with Gasteiger partial charge in [-0.25, -0.2) is 9.59 Å². The molecule has 0 unspecified atom stereocenters. The first kappa shape index (κ1) is 22.6. The summed E-state index contributed by atoms with van der Waals surface area (Å²) in [6.07, 6.45) is 3.44. The first-order valence-corrected chi connectivity index (χ1v) is 11.5. The lowest BCUT2D eigenvalue weighted by Gasteiger charge is -2.05. The van der Waals surface area contributed by atoms with Crippen molar-refractivity contribution in [2.24, 2.45) is 0 Å². The molecule has 6 heteroatoms. The van der Waals surface area contributed by atoms with E-state index in [1.54, 1.807) is 13.2 Å². The molecule has 1 aromatic heterocycles. The van der Waals surface area contributed by atoms with Crippen LogP contribution in [0.25, 0.3) is 32.9 Å². The highest BCUT2D eigenvalue weighted by Crippen LogP contribution is 2.38. The van der Waals surface area contributed by atoms with Crippen molar-refractivity contribution in [1.82, 2.24) is 4.98 Å². The lowest BCUT2D eigenvalue weighted by Crippen LogP contribution is -2.07. The summed E-state index contributed by atoms with van der Waals surface area (Å²) in [7, 11) is 1.63. The number of carbonyl (C=O) groups excluding carboxylic acids is 2. The summed E-state index contributed by atoms with van der Waals surface area (Å²) in [6.45, 7) is 4.77. The number of hydrogen-bond donors (Lipinski definition) is 1. The van der Waals surface area contributed by atoms with E-state index in [0.29, 0.717) is 35.5 Å². The van der Waals surface area contributed by atoms with Gasteiger partial charge in [0, 0.05) is 21.8 Å². The number of fused-ring (bicyclic) bond motifs is 4. The number of benzene rings is 1. The van der Waals surface area contributed by atoms with E-state index in [4.69, 9.17) is 14.2 Å². The molecule has 1 heterocycles. The van der Waals surface area contributed by atoms with Crippen LogP contribution in [0.15, 0.2) is 42.5 Å². The number of aromatic amines is 1. The maximum Gasteiger partial charge on any atom is 0.338 e. The van der Waals surface area contributed by atoms with Gasteiger partial charge in [0.05, 0.1) is 31.5 Å². The summed E-state index contributed by atoms with van der Waals surface area (Å²) in [6, 6.07) is 13.2. The van der Waals surface area contributed by atoms with Crippen molar-refractivity contribution in [3.63, 3.8) is 0 Å². The van der Waals surface area contributed by atoms with Gasteiger partial charge in [-0.15, -0.1) is 0 Å². The zero-order valence-corrected chi connectivity index (χ0v) is 19.3. The smallest absolute Gasteiger partial charge is 0.338 e. The Morgan fingerprint density at radius 1 is 0.758 bits per heavy atom. The fourth-order valence-corrected chi connectivity index (χ4v) is 3.97.